The molecule has 1 amide bonds. The van der Waals surface area contributed by atoms with Crippen molar-refractivity contribution in [3.05, 3.63) is 58.6 Å². The van der Waals surface area contributed by atoms with Gasteiger partial charge in [0.25, 0.3) is 5.91 Å². The van der Waals surface area contributed by atoms with Gasteiger partial charge in [-0.2, -0.15) is 5.26 Å². The third kappa shape index (κ3) is 4.23. The minimum atomic E-state index is -0.263. The maximum atomic E-state index is 11.8. The van der Waals surface area contributed by atoms with E-state index in [0.29, 0.717) is 16.3 Å². The third-order valence-corrected chi connectivity index (χ3v) is 3.05. The molecule has 0 saturated carbocycles. The SMILES string of the molecule is Cc1cccc(NC(=O)COc2ccc(C#N)c(Cl)c2)c1. The van der Waals surface area contributed by atoms with E-state index in [9.17, 15) is 4.79 Å². The summed E-state index contributed by atoms with van der Waals surface area (Å²) >= 11 is 5.89. The number of nitrogens with zero attached hydrogens (tertiary/aromatic N) is 1. The molecule has 0 aliphatic rings. The zero-order valence-corrected chi connectivity index (χ0v) is 12.1. The van der Waals surface area contributed by atoms with Crippen molar-refractivity contribution < 1.29 is 9.53 Å². The van der Waals surface area contributed by atoms with E-state index >= 15 is 0 Å². The molecule has 4 nitrogen and oxygen atoms in total. The molecule has 0 bridgehead atoms. The Kier molecular flexibility index (Phi) is 4.81. The number of rotatable bonds is 4. The number of amides is 1. The highest BCUT2D eigenvalue weighted by Gasteiger charge is 2.06. The molecule has 0 aliphatic heterocycles. The number of carbonyl (C=O) groups excluding carboxylic acids is 1. The van der Waals surface area contributed by atoms with Gasteiger partial charge in [-0.15, -0.1) is 0 Å². The first-order valence-electron chi connectivity index (χ1n) is 6.27. The van der Waals surface area contributed by atoms with Crippen LogP contribution >= 0.6 is 11.6 Å². The van der Waals surface area contributed by atoms with E-state index in [-0.39, 0.29) is 12.5 Å². The Balaban J connectivity index is 1.92. The molecule has 0 unspecified atom stereocenters. The molecule has 0 aliphatic carbocycles. The number of benzene rings is 2. The average molecular weight is 301 g/mol. The number of nitrogens with one attached hydrogen (secondary N) is 1. The van der Waals surface area contributed by atoms with E-state index in [1.165, 1.54) is 6.07 Å². The Morgan fingerprint density at radius 3 is 2.81 bits per heavy atom. The van der Waals surface area contributed by atoms with Gasteiger partial charge in [-0.1, -0.05) is 23.7 Å². The Morgan fingerprint density at radius 1 is 1.33 bits per heavy atom. The van der Waals surface area contributed by atoms with Crippen LogP contribution in [-0.2, 0) is 4.79 Å². The summed E-state index contributed by atoms with van der Waals surface area (Å²) in [6.07, 6.45) is 0. The minimum absolute atomic E-state index is 0.129. The van der Waals surface area contributed by atoms with Crippen LogP contribution in [0.15, 0.2) is 42.5 Å². The van der Waals surface area contributed by atoms with Crippen LogP contribution in [-0.4, -0.2) is 12.5 Å². The van der Waals surface area contributed by atoms with E-state index < -0.39 is 0 Å². The van der Waals surface area contributed by atoms with Crippen LogP contribution < -0.4 is 10.1 Å². The van der Waals surface area contributed by atoms with Crippen LogP contribution in [0.1, 0.15) is 11.1 Å². The van der Waals surface area contributed by atoms with Gasteiger partial charge in [0.2, 0.25) is 0 Å². The second-order valence-corrected chi connectivity index (χ2v) is 4.87. The standard InChI is InChI=1S/C16H13ClN2O2/c1-11-3-2-4-13(7-11)19-16(20)10-21-14-6-5-12(9-18)15(17)8-14/h2-8H,10H2,1H3,(H,19,20). The molecule has 0 saturated heterocycles. The van der Waals surface area contributed by atoms with Crippen LogP contribution in [0, 0.1) is 18.3 Å². The monoisotopic (exact) mass is 300 g/mol. The van der Waals surface area contributed by atoms with E-state index in [0.717, 1.165) is 11.3 Å². The van der Waals surface area contributed by atoms with Crippen molar-refractivity contribution >= 4 is 23.2 Å². The van der Waals surface area contributed by atoms with E-state index in [4.69, 9.17) is 21.6 Å². The molecular formula is C16H13ClN2O2. The molecule has 0 fully saturated rings. The van der Waals surface area contributed by atoms with Crippen molar-refractivity contribution in [1.29, 1.82) is 5.26 Å². The molecule has 0 heterocycles. The zero-order valence-electron chi connectivity index (χ0n) is 11.4. The molecule has 0 aromatic heterocycles. The van der Waals surface area contributed by atoms with Gasteiger partial charge < -0.3 is 10.1 Å². The summed E-state index contributed by atoms with van der Waals surface area (Å²) in [6, 6.07) is 14.1. The Bertz CT molecular complexity index is 708. The Labute approximate surface area is 127 Å². The molecule has 2 aromatic rings. The van der Waals surface area contributed by atoms with Crippen molar-refractivity contribution in [3.8, 4) is 11.8 Å². The summed E-state index contributed by atoms with van der Waals surface area (Å²) in [5, 5.41) is 11.8. The number of carbonyl (C=O) groups is 1. The number of ether oxygens (including phenoxy) is 1. The number of hydrogen-bond donors (Lipinski definition) is 1. The fourth-order valence-electron chi connectivity index (χ4n) is 1.75. The molecule has 0 atom stereocenters. The first-order valence-corrected chi connectivity index (χ1v) is 6.65. The average Bonchev–Trinajstić information content (AvgIpc) is 2.45. The predicted octanol–water partition coefficient (Wildman–Crippen LogP) is 3.54. The molecule has 106 valence electrons. The van der Waals surface area contributed by atoms with Gasteiger partial charge in [-0.05, 0) is 36.8 Å². The summed E-state index contributed by atoms with van der Waals surface area (Å²) in [6.45, 7) is 1.82. The molecule has 5 heteroatoms. The highest BCUT2D eigenvalue weighted by Crippen LogP contribution is 2.21. The second kappa shape index (κ2) is 6.78. The van der Waals surface area contributed by atoms with Crippen LogP contribution in [0.4, 0.5) is 5.69 Å². The number of aryl methyl sites for hydroxylation is 1. The quantitative estimate of drug-likeness (QED) is 0.939. The van der Waals surface area contributed by atoms with Crippen molar-refractivity contribution in [1.82, 2.24) is 0 Å². The second-order valence-electron chi connectivity index (χ2n) is 4.46. The first kappa shape index (κ1) is 14.9. The minimum Gasteiger partial charge on any atom is -0.484 e. The summed E-state index contributed by atoms with van der Waals surface area (Å²) < 4.78 is 5.34. The first-order chi connectivity index (χ1) is 10.1. The summed E-state index contributed by atoms with van der Waals surface area (Å²) in [4.78, 5) is 11.8. The van der Waals surface area contributed by atoms with E-state index in [2.05, 4.69) is 5.32 Å². The molecular weight excluding hydrogens is 288 g/mol. The van der Waals surface area contributed by atoms with Crippen molar-refractivity contribution in [2.45, 2.75) is 6.92 Å². The highest BCUT2D eigenvalue weighted by molar-refractivity contribution is 6.31. The lowest BCUT2D eigenvalue weighted by atomic mass is 10.2. The van der Waals surface area contributed by atoms with Crippen molar-refractivity contribution in [2.24, 2.45) is 0 Å². The lowest BCUT2D eigenvalue weighted by molar-refractivity contribution is -0.118. The van der Waals surface area contributed by atoms with Gasteiger partial charge in [0.1, 0.15) is 11.8 Å². The predicted molar refractivity (Wildman–Crippen MR) is 81.5 cm³/mol. The maximum Gasteiger partial charge on any atom is 0.262 e. The highest BCUT2D eigenvalue weighted by atomic mass is 35.5. The van der Waals surface area contributed by atoms with Gasteiger partial charge >= 0.3 is 0 Å². The Hall–Kier alpha value is -2.51. The van der Waals surface area contributed by atoms with Gasteiger partial charge in [-0.25, -0.2) is 0 Å². The molecule has 0 radical (unpaired) electrons. The lowest BCUT2D eigenvalue weighted by Crippen LogP contribution is -2.20. The van der Waals surface area contributed by atoms with Crippen LogP contribution in [0.2, 0.25) is 5.02 Å². The van der Waals surface area contributed by atoms with Crippen LogP contribution in [0.5, 0.6) is 5.75 Å². The fourth-order valence-corrected chi connectivity index (χ4v) is 1.96. The van der Waals surface area contributed by atoms with Gasteiger partial charge in [-0.3, -0.25) is 4.79 Å². The van der Waals surface area contributed by atoms with Crippen LogP contribution in [0.3, 0.4) is 0 Å². The molecule has 1 N–H and O–H groups in total. The van der Waals surface area contributed by atoms with Crippen molar-refractivity contribution in [2.75, 3.05) is 11.9 Å². The smallest absolute Gasteiger partial charge is 0.262 e. The molecule has 0 spiro atoms. The summed E-state index contributed by atoms with van der Waals surface area (Å²) in [5.74, 6) is 0.180. The van der Waals surface area contributed by atoms with E-state index in [1.807, 2.05) is 37.3 Å². The largest absolute Gasteiger partial charge is 0.484 e. The maximum absolute atomic E-state index is 11.8. The van der Waals surface area contributed by atoms with Gasteiger partial charge in [0.05, 0.1) is 10.6 Å². The van der Waals surface area contributed by atoms with Crippen LogP contribution in [0.25, 0.3) is 0 Å². The molecule has 2 aromatic carbocycles. The fraction of sp³-hybridized carbons (Fsp3) is 0.125. The normalized spacial score (nSPS) is 9.76. The van der Waals surface area contributed by atoms with E-state index in [1.54, 1.807) is 12.1 Å². The zero-order chi connectivity index (χ0) is 15.2. The molecule has 2 rings (SSSR count). The lowest BCUT2D eigenvalue weighted by Gasteiger charge is -2.08. The number of hydrogen-bond acceptors (Lipinski definition) is 3. The summed E-state index contributed by atoms with van der Waals surface area (Å²) in [7, 11) is 0. The number of anilines is 1. The topological polar surface area (TPSA) is 62.1 Å². The Morgan fingerprint density at radius 2 is 2.14 bits per heavy atom. The third-order valence-electron chi connectivity index (χ3n) is 2.73. The van der Waals surface area contributed by atoms with Gasteiger partial charge in [0.15, 0.2) is 6.61 Å². The number of nitriles is 1. The molecule has 21 heavy (non-hydrogen) atoms. The van der Waals surface area contributed by atoms with Crippen molar-refractivity contribution in [3.63, 3.8) is 0 Å². The van der Waals surface area contributed by atoms with Gasteiger partial charge in [0, 0.05) is 11.8 Å². The summed E-state index contributed by atoms with van der Waals surface area (Å²) in [5.41, 5.74) is 2.15. The number of halogens is 1.